The molecule has 0 aliphatic carbocycles. The van der Waals surface area contributed by atoms with E-state index in [1.807, 2.05) is 31.2 Å². The summed E-state index contributed by atoms with van der Waals surface area (Å²) in [6.45, 7) is 2.11. The number of nitrogens with zero attached hydrogens (tertiary/aromatic N) is 1. The van der Waals surface area contributed by atoms with Crippen LogP contribution in [0.2, 0.25) is 0 Å². The molecule has 1 aromatic carbocycles. The smallest absolute Gasteiger partial charge is 0.307 e. The van der Waals surface area contributed by atoms with E-state index >= 15 is 0 Å². The molecule has 7 nitrogen and oxygen atoms in total. The number of aromatic nitrogens is 2. The molecular weight excluding hydrogens is 340 g/mol. The highest BCUT2D eigenvalue weighted by Gasteiger charge is 2.10. The number of para-hydroxylation sites is 1. The molecular formula is C17H18N4O3S. The molecule has 3 aromatic rings. The number of carbonyl (C=O) groups excluding carboxylic acids is 2. The molecule has 0 radical (unpaired) electrons. The molecule has 3 rings (SSSR count). The fourth-order valence-electron chi connectivity index (χ4n) is 2.58. The van der Waals surface area contributed by atoms with Crippen molar-refractivity contribution in [3.05, 3.63) is 56.8 Å². The van der Waals surface area contributed by atoms with Gasteiger partial charge in [-0.15, -0.1) is 0 Å². The zero-order valence-electron chi connectivity index (χ0n) is 13.7. The second kappa shape index (κ2) is 7.35. The van der Waals surface area contributed by atoms with Crippen LogP contribution in [0.3, 0.4) is 0 Å². The molecule has 2 amide bonds. The van der Waals surface area contributed by atoms with Crippen molar-refractivity contribution in [2.24, 2.45) is 0 Å². The van der Waals surface area contributed by atoms with E-state index in [1.54, 1.807) is 11.6 Å². The molecule has 0 fully saturated rings. The van der Waals surface area contributed by atoms with Gasteiger partial charge in [0.15, 0.2) is 0 Å². The summed E-state index contributed by atoms with van der Waals surface area (Å²) in [7, 11) is 0. The van der Waals surface area contributed by atoms with Crippen molar-refractivity contribution in [3.8, 4) is 0 Å². The number of hydrogen-bond donors (Lipinski definition) is 3. The summed E-state index contributed by atoms with van der Waals surface area (Å²) in [5.74, 6) is -0.647. The van der Waals surface area contributed by atoms with Crippen molar-refractivity contribution in [1.29, 1.82) is 0 Å². The van der Waals surface area contributed by atoms with Gasteiger partial charge in [-0.05, 0) is 18.6 Å². The Balaban J connectivity index is 1.49. The first-order valence-electron chi connectivity index (χ1n) is 7.82. The van der Waals surface area contributed by atoms with Crippen molar-refractivity contribution in [2.75, 3.05) is 0 Å². The number of carbonyl (C=O) groups is 2. The molecule has 0 atom stereocenters. The minimum atomic E-state index is -0.343. The lowest BCUT2D eigenvalue weighted by molar-refractivity contribution is -0.128. The zero-order chi connectivity index (χ0) is 17.8. The third-order valence-electron chi connectivity index (χ3n) is 3.91. The molecule has 0 unspecified atom stereocenters. The van der Waals surface area contributed by atoms with E-state index in [0.717, 1.165) is 33.5 Å². The van der Waals surface area contributed by atoms with Gasteiger partial charge in [-0.3, -0.25) is 25.2 Å². The lowest BCUT2D eigenvalue weighted by Crippen LogP contribution is -2.42. The van der Waals surface area contributed by atoms with Crippen LogP contribution in [0.25, 0.3) is 10.9 Å². The summed E-state index contributed by atoms with van der Waals surface area (Å²) in [6, 6.07) is 7.71. The van der Waals surface area contributed by atoms with Gasteiger partial charge in [0, 0.05) is 41.1 Å². The van der Waals surface area contributed by atoms with Gasteiger partial charge in [-0.2, -0.15) is 0 Å². The first-order chi connectivity index (χ1) is 12.0. The Kier molecular flexibility index (Phi) is 4.99. The monoisotopic (exact) mass is 358 g/mol. The topological polar surface area (TPSA) is 96.0 Å². The molecule has 0 bridgehead atoms. The minimum Gasteiger partial charge on any atom is -0.361 e. The van der Waals surface area contributed by atoms with Crippen molar-refractivity contribution in [1.82, 2.24) is 20.4 Å². The van der Waals surface area contributed by atoms with E-state index in [0.29, 0.717) is 0 Å². The second-order valence-corrected chi connectivity index (χ2v) is 6.50. The normalized spacial score (nSPS) is 10.8. The number of aromatic amines is 1. The number of benzene rings is 1. The molecule has 25 heavy (non-hydrogen) atoms. The Morgan fingerprint density at radius 2 is 1.96 bits per heavy atom. The predicted octanol–water partition coefficient (Wildman–Crippen LogP) is 1.48. The molecule has 2 aromatic heterocycles. The zero-order valence-corrected chi connectivity index (χ0v) is 14.5. The summed E-state index contributed by atoms with van der Waals surface area (Å²) in [6.07, 6.45) is 2.07. The van der Waals surface area contributed by atoms with E-state index < -0.39 is 0 Å². The number of hydrogen-bond acceptors (Lipinski definition) is 4. The van der Waals surface area contributed by atoms with E-state index in [4.69, 9.17) is 0 Å². The van der Waals surface area contributed by atoms with E-state index in [2.05, 4.69) is 15.8 Å². The van der Waals surface area contributed by atoms with Gasteiger partial charge < -0.3 is 9.55 Å². The van der Waals surface area contributed by atoms with Crippen LogP contribution in [-0.4, -0.2) is 21.4 Å². The predicted molar refractivity (Wildman–Crippen MR) is 96.2 cm³/mol. The first-order valence-corrected chi connectivity index (χ1v) is 8.70. The van der Waals surface area contributed by atoms with Crippen LogP contribution in [0, 0.1) is 6.92 Å². The standard InChI is InChI=1S/C17H18N4O3S/c1-11-10-25-17(24)21(11)7-6-15(22)19-20-16(23)8-12-9-18-14-5-3-2-4-13(12)14/h2-5,9-10,18H,6-8H2,1H3,(H,19,22)(H,20,23). The van der Waals surface area contributed by atoms with Crippen LogP contribution in [-0.2, 0) is 22.6 Å². The average molecular weight is 358 g/mol. The Morgan fingerprint density at radius 3 is 2.72 bits per heavy atom. The highest BCUT2D eigenvalue weighted by atomic mass is 32.1. The molecule has 0 aliphatic rings. The fourth-order valence-corrected chi connectivity index (χ4v) is 3.35. The number of thiazole rings is 1. The van der Waals surface area contributed by atoms with Crippen LogP contribution in [0.4, 0.5) is 0 Å². The number of H-pyrrole nitrogens is 1. The van der Waals surface area contributed by atoms with Gasteiger partial charge in [0.05, 0.1) is 6.42 Å². The molecule has 0 saturated carbocycles. The third-order valence-corrected chi connectivity index (χ3v) is 4.79. The van der Waals surface area contributed by atoms with Crippen LogP contribution >= 0.6 is 11.3 Å². The van der Waals surface area contributed by atoms with Crippen molar-refractivity contribution < 1.29 is 9.59 Å². The van der Waals surface area contributed by atoms with E-state index in [-0.39, 0.29) is 36.1 Å². The maximum Gasteiger partial charge on any atom is 0.307 e. The molecule has 0 spiro atoms. The number of hydrazine groups is 1. The van der Waals surface area contributed by atoms with Crippen LogP contribution < -0.4 is 15.7 Å². The van der Waals surface area contributed by atoms with Gasteiger partial charge in [0.1, 0.15) is 0 Å². The van der Waals surface area contributed by atoms with Gasteiger partial charge in [-0.1, -0.05) is 29.5 Å². The Bertz CT molecular complexity index is 970. The highest BCUT2D eigenvalue weighted by Crippen LogP contribution is 2.17. The number of nitrogens with one attached hydrogen (secondary N) is 3. The number of aryl methyl sites for hydroxylation is 1. The summed E-state index contributed by atoms with van der Waals surface area (Å²) >= 11 is 1.11. The lowest BCUT2D eigenvalue weighted by Gasteiger charge is -2.08. The third kappa shape index (κ3) is 3.97. The lowest BCUT2D eigenvalue weighted by atomic mass is 10.1. The average Bonchev–Trinajstić information content (AvgIpc) is 3.15. The van der Waals surface area contributed by atoms with Crippen molar-refractivity contribution in [3.63, 3.8) is 0 Å². The molecule has 0 saturated heterocycles. The first kappa shape index (κ1) is 17.0. The number of rotatable bonds is 5. The molecule has 8 heteroatoms. The van der Waals surface area contributed by atoms with Gasteiger partial charge in [-0.25, -0.2) is 0 Å². The van der Waals surface area contributed by atoms with Gasteiger partial charge in [0.2, 0.25) is 11.8 Å². The van der Waals surface area contributed by atoms with Crippen molar-refractivity contribution >= 4 is 34.1 Å². The molecule has 2 heterocycles. The molecule has 0 aliphatic heterocycles. The SMILES string of the molecule is Cc1csc(=O)n1CCC(=O)NNC(=O)Cc1c[nH]c2ccccc12. The maximum absolute atomic E-state index is 12.0. The number of amides is 2. The molecule has 130 valence electrons. The second-order valence-electron chi connectivity index (χ2n) is 5.68. The minimum absolute atomic E-state index is 0.0892. The summed E-state index contributed by atoms with van der Waals surface area (Å²) in [5, 5.41) is 2.74. The highest BCUT2D eigenvalue weighted by molar-refractivity contribution is 7.07. The van der Waals surface area contributed by atoms with Crippen LogP contribution in [0.1, 0.15) is 17.7 Å². The van der Waals surface area contributed by atoms with Crippen LogP contribution in [0.15, 0.2) is 40.6 Å². The number of fused-ring (bicyclic) bond motifs is 1. The fraction of sp³-hybridized carbons (Fsp3) is 0.235. The van der Waals surface area contributed by atoms with E-state index in [9.17, 15) is 14.4 Å². The van der Waals surface area contributed by atoms with Gasteiger partial charge >= 0.3 is 4.87 Å². The maximum atomic E-state index is 12.0. The quantitative estimate of drug-likeness (QED) is 0.603. The van der Waals surface area contributed by atoms with E-state index in [1.165, 1.54) is 4.57 Å². The largest absolute Gasteiger partial charge is 0.361 e. The Hall–Kier alpha value is -2.87. The Labute approximate surface area is 147 Å². The Morgan fingerprint density at radius 1 is 1.20 bits per heavy atom. The van der Waals surface area contributed by atoms with Gasteiger partial charge in [0.25, 0.3) is 0 Å². The van der Waals surface area contributed by atoms with Crippen LogP contribution in [0.5, 0.6) is 0 Å². The summed E-state index contributed by atoms with van der Waals surface area (Å²) < 4.78 is 1.54. The molecule has 3 N–H and O–H groups in total. The summed E-state index contributed by atoms with van der Waals surface area (Å²) in [4.78, 5) is 38.4. The van der Waals surface area contributed by atoms with Crippen molar-refractivity contribution in [2.45, 2.75) is 26.3 Å². The summed E-state index contributed by atoms with van der Waals surface area (Å²) in [5.41, 5.74) is 7.44.